The van der Waals surface area contributed by atoms with Crippen LogP contribution in [0.15, 0.2) is 57.9 Å². The number of aryl methyl sites for hydroxylation is 1. The molecule has 1 aromatic heterocycles. The zero-order valence-corrected chi connectivity index (χ0v) is 13.2. The molecule has 0 atom stereocenters. The Balaban J connectivity index is 2.08. The summed E-state index contributed by atoms with van der Waals surface area (Å²) in [6.45, 7) is 4.52. The first-order valence-corrected chi connectivity index (χ1v) is 7.67. The van der Waals surface area contributed by atoms with Gasteiger partial charge in [0.2, 0.25) is 11.2 Å². The molecule has 0 bridgehead atoms. The highest BCUT2D eigenvalue weighted by molar-refractivity contribution is 5.80. The van der Waals surface area contributed by atoms with Gasteiger partial charge in [0.05, 0.1) is 12.0 Å². The van der Waals surface area contributed by atoms with Gasteiger partial charge in [0.1, 0.15) is 23.3 Å². The maximum Gasteiger partial charge on any atom is 0.235 e. The van der Waals surface area contributed by atoms with Crippen molar-refractivity contribution >= 4 is 11.0 Å². The number of fused-ring (bicyclic) bond motifs is 1. The van der Waals surface area contributed by atoms with E-state index in [0.717, 1.165) is 17.7 Å². The maximum absolute atomic E-state index is 12.6. The first kappa shape index (κ1) is 15.2. The quantitative estimate of drug-likeness (QED) is 0.694. The molecule has 23 heavy (non-hydrogen) atoms. The van der Waals surface area contributed by atoms with Crippen molar-refractivity contribution in [1.29, 1.82) is 0 Å². The zero-order valence-electron chi connectivity index (χ0n) is 13.2. The third-order valence-electron chi connectivity index (χ3n) is 3.58. The largest absolute Gasteiger partial charge is 0.493 e. The molecule has 0 aliphatic carbocycles. The predicted molar refractivity (Wildman–Crippen MR) is 89.5 cm³/mol. The fraction of sp³-hybridized carbons (Fsp3) is 0.211. The van der Waals surface area contributed by atoms with Crippen molar-refractivity contribution in [3.05, 3.63) is 64.5 Å². The summed E-state index contributed by atoms with van der Waals surface area (Å²) in [7, 11) is 0. The van der Waals surface area contributed by atoms with E-state index in [1.807, 2.05) is 38.1 Å². The van der Waals surface area contributed by atoms with Crippen molar-refractivity contribution in [3.63, 3.8) is 0 Å². The van der Waals surface area contributed by atoms with Gasteiger partial charge in [-0.3, -0.25) is 4.79 Å². The van der Waals surface area contributed by atoms with E-state index in [9.17, 15) is 4.79 Å². The van der Waals surface area contributed by atoms with Crippen molar-refractivity contribution < 1.29 is 13.9 Å². The van der Waals surface area contributed by atoms with Crippen molar-refractivity contribution in [2.24, 2.45) is 0 Å². The second kappa shape index (κ2) is 6.57. The highest BCUT2D eigenvalue weighted by Crippen LogP contribution is 2.27. The number of rotatable bonds is 5. The van der Waals surface area contributed by atoms with Gasteiger partial charge in [-0.15, -0.1) is 0 Å². The molecule has 0 spiro atoms. The Kier molecular flexibility index (Phi) is 4.33. The van der Waals surface area contributed by atoms with Crippen LogP contribution in [0.5, 0.6) is 17.2 Å². The summed E-state index contributed by atoms with van der Waals surface area (Å²) < 4.78 is 16.8. The van der Waals surface area contributed by atoms with E-state index in [-0.39, 0.29) is 11.2 Å². The Morgan fingerprint density at radius 1 is 1.04 bits per heavy atom. The van der Waals surface area contributed by atoms with Gasteiger partial charge in [-0.05, 0) is 37.1 Å². The Morgan fingerprint density at radius 2 is 1.83 bits per heavy atom. The van der Waals surface area contributed by atoms with Gasteiger partial charge in [0.25, 0.3) is 0 Å². The lowest BCUT2D eigenvalue weighted by atomic mass is 10.1. The van der Waals surface area contributed by atoms with E-state index in [1.54, 1.807) is 18.2 Å². The number of para-hydroxylation sites is 1. The normalized spacial score (nSPS) is 10.7. The van der Waals surface area contributed by atoms with E-state index in [2.05, 4.69) is 0 Å². The topological polar surface area (TPSA) is 48.7 Å². The first-order chi connectivity index (χ1) is 11.2. The molecule has 118 valence electrons. The molecular weight excluding hydrogens is 292 g/mol. The lowest BCUT2D eigenvalue weighted by Crippen LogP contribution is -2.06. The molecule has 0 amide bonds. The molecule has 1 heterocycles. The lowest BCUT2D eigenvalue weighted by Gasteiger charge is -2.10. The Labute approximate surface area is 134 Å². The van der Waals surface area contributed by atoms with Crippen LogP contribution in [0.3, 0.4) is 0 Å². The van der Waals surface area contributed by atoms with Gasteiger partial charge < -0.3 is 13.9 Å². The first-order valence-electron chi connectivity index (χ1n) is 7.67. The summed E-state index contributed by atoms with van der Waals surface area (Å²) in [5, 5.41) is 0.499. The summed E-state index contributed by atoms with van der Waals surface area (Å²) in [5.41, 5.74) is 1.28. The average Bonchev–Trinajstić information content (AvgIpc) is 2.58. The number of ether oxygens (including phenoxy) is 2. The standard InChI is InChI=1S/C19H18O4/c1-3-13-10-15-17(11-16(13)21-4-2)22-12-18(19(15)20)23-14-8-6-5-7-9-14/h5-12H,3-4H2,1-2H3. The van der Waals surface area contributed by atoms with Gasteiger partial charge in [-0.2, -0.15) is 0 Å². The SMILES string of the molecule is CCOc1cc2occ(Oc3ccccc3)c(=O)c2cc1CC. The molecule has 0 saturated heterocycles. The van der Waals surface area contributed by atoms with E-state index in [0.29, 0.717) is 23.3 Å². The molecule has 0 N–H and O–H groups in total. The van der Waals surface area contributed by atoms with Gasteiger partial charge >= 0.3 is 0 Å². The second-order valence-corrected chi connectivity index (χ2v) is 5.09. The fourth-order valence-electron chi connectivity index (χ4n) is 2.44. The van der Waals surface area contributed by atoms with Crippen LogP contribution in [-0.2, 0) is 6.42 Å². The van der Waals surface area contributed by atoms with Crippen molar-refractivity contribution in [3.8, 4) is 17.2 Å². The zero-order chi connectivity index (χ0) is 16.2. The van der Waals surface area contributed by atoms with Crippen LogP contribution < -0.4 is 14.9 Å². The summed E-state index contributed by atoms with van der Waals surface area (Å²) >= 11 is 0. The van der Waals surface area contributed by atoms with E-state index in [1.165, 1.54) is 6.26 Å². The third-order valence-corrected chi connectivity index (χ3v) is 3.58. The summed E-state index contributed by atoms with van der Waals surface area (Å²) in [6.07, 6.45) is 2.12. The number of hydrogen-bond acceptors (Lipinski definition) is 4. The molecule has 2 aromatic carbocycles. The van der Waals surface area contributed by atoms with Crippen LogP contribution in [0.25, 0.3) is 11.0 Å². The molecule has 0 radical (unpaired) electrons. The molecule has 4 heteroatoms. The highest BCUT2D eigenvalue weighted by Gasteiger charge is 2.13. The van der Waals surface area contributed by atoms with E-state index >= 15 is 0 Å². The minimum absolute atomic E-state index is 0.176. The lowest BCUT2D eigenvalue weighted by molar-refractivity contribution is 0.336. The molecule has 0 fully saturated rings. The van der Waals surface area contributed by atoms with Crippen LogP contribution in [0, 0.1) is 0 Å². The maximum atomic E-state index is 12.6. The molecule has 3 rings (SSSR count). The second-order valence-electron chi connectivity index (χ2n) is 5.09. The summed E-state index contributed by atoms with van der Waals surface area (Å²) in [5.74, 6) is 1.53. The molecule has 3 aromatic rings. The van der Waals surface area contributed by atoms with Crippen LogP contribution in [0.1, 0.15) is 19.4 Å². The van der Waals surface area contributed by atoms with Crippen LogP contribution in [0.2, 0.25) is 0 Å². The number of benzene rings is 2. The predicted octanol–water partition coefficient (Wildman–Crippen LogP) is 4.55. The Bertz CT molecular complexity index is 866. The van der Waals surface area contributed by atoms with Gasteiger partial charge in [-0.1, -0.05) is 25.1 Å². The van der Waals surface area contributed by atoms with E-state index < -0.39 is 0 Å². The number of hydrogen-bond donors (Lipinski definition) is 0. The van der Waals surface area contributed by atoms with Crippen molar-refractivity contribution in [1.82, 2.24) is 0 Å². The van der Waals surface area contributed by atoms with Gasteiger partial charge in [0, 0.05) is 6.07 Å². The minimum Gasteiger partial charge on any atom is -0.493 e. The molecular formula is C19H18O4. The van der Waals surface area contributed by atoms with Gasteiger partial charge in [-0.25, -0.2) is 0 Å². The molecule has 0 unspecified atom stereocenters. The fourth-order valence-corrected chi connectivity index (χ4v) is 2.44. The van der Waals surface area contributed by atoms with E-state index in [4.69, 9.17) is 13.9 Å². The summed E-state index contributed by atoms with van der Waals surface area (Å²) in [6, 6.07) is 12.8. The molecule has 0 aliphatic rings. The monoisotopic (exact) mass is 310 g/mol. The summed E-state index contributed by atoms with van der Waals surface area (Å²) in [4.78, 5) is 12.6. The average molecular weight is 310 g/mol. The highest BCUT2D eigenvalue weighted by atomic mass is 16.5. The molecule has 4 nitrogen and oxygen atoms in total. The Morgan fingerprint density at radius 3 is 2.52 bits per heavy atom. The van der Waals surface area contributed by atoms with Crippen molar-refractivity contribution in [2.45, 2.75) is 20.3 Å². The van der Waals surface area contributed by atoms with Crippen LogP contribution >= 0.6 is 0 Å². The van der Waals surface area contributed by atoms with Crippen LogP contribution in [0.4, 0.5) is 0 Å². The Hall–Kier alpha value is -2.75. The molecule has 0 aliphatic heterocycles. The van der Waals surface area contributed by atoms with Crippen LogP contribution in [-0.4, -0.2) is 6.61 Å². The molecule has 0 saturated carbocycles. The smallest absolute Gasteiger partial charge is 0.235 e. The van der Waals surface area contributed by atoms with Crippen molar-refractivity contribution in [2.75, 3.05) is 6.61 Å². The minimum atomic E-state index is -0.187. The third kappa shape index (κ3) is 3.06. The van der Waals surface area contributed by atoms with Gasteiger partial charge in [0.15, 0.2) is 0 Å².